The first-order chi connectivity index (χ1) is 6.37. The van der Waals surface area contributed by atoms with E-state index in [1.54, 1.807) is 0 Å². The predicted octanol–water partition coefficient (Wildman–Crippen LogP) is 2.74. The van der Waals surface area contributed by atoms with E-state index in [4.69, 9.17) is 4.74 Å². The quantitative estimate of drug-likeness (QED) is 0.759. The second-order valence-electron chi connectivity index (χ2n) is 5.48. The van der Waals surface area contributed by atoms with E-state index in [9.17, 15) is 5.11 Å². The highest BCUT2D eigenvalue weighted by atomic mass is 16.5. The fourth-order valence-corrected chi connectivity index (χ4v) is 2.13. The topological polar surface area (TPSA) is 29.5 Å². The molecule has 14 heavy (non-hydrogen) atoms. The molecule has 2 nitrogen and oxygen atoms in total. The van der Waals surface area contributed by atoms with E-state index in [2.05, 4.69) is 13.8 Å². The normalized spacial score (nSPS) is 32.1. The van der Waals surface area contributed by atoms with Crippen LogP contribution in [0.5, 0.6) is 0 Å². The van der Waals surface area contributed by atoms with E-state index >= 15 is 0 Å². The SMILES string of the molecule is CC(C)OCC1(O)CCCCC1(C)C. The third-order valence-electron chi connectivity index (χ3n) is 3.56. The second kappa shape index (κ2) is 4.19. The molecule has 2 heteroatoms. The molecule has 0 radical (unpaired) electrons. The summed E-state index contributed by atoms with van der Waals surface area (Å²) < 4.78 is 5.57. The fourth-order valence-electron chi connectivity index (χ4n) is 2.13. The van der Waals surface area contributed by atoms with Crippen LogP contribution in [0.3, 0.4) is 0 Å². The van der Waals surface area contributed by atoms with Gasteiger partial charge < -0.3 is 9.84 Å². The van der Waals surface area contributed by atoms with E-state index in [0.29, 0.717) is 6.61 Å². The van der Waals surface area contributed by atoms with Gasteiger partial charge in [0.2, 0.25) is 0 Å². The highest BCUT2D eigenvalue weighted by Gasteiger charge is 2.45. The summed E-state index contributed by atoms with van der Waals surface area (Å²) in [5, 5.41) is 10.5. The number of ether oxygens (including phenoxy) is 1. The van der Waals surface area contributed by atoms with Gasteiger partial charge in [-0.15, -0.1) is 0 Å². The summed E-state index contributed by atoms with van der Waals surface area (Å²) in [4.78, 5) is 0. The Morgan fingerprint density at radius 3 is 2.29 bits per heavy atom. The molecule has 0 saturated heterocycles. The van der Waals surface area contributed by atoms with Crippen LogP contribution in [0.2, 0.25) is 0 Å². The van der Waals surface area contributed by atoms with Gasteiger partial charge in [-0.2, -0.15) is 0 Å². The second-order valence-corrected chi connectivity index (χ2v) is 5.48. The Labute approximate surface area is 87.7 Å². The van der Waals surface area contributed by atoms with Gasteiger partial charge in [0.05, 0.1) is 18.3 Å². The van der Waals surface area contributed by atoms with Crippen molar-refractivity contribution in [3.05, 3.63) is 0 Å². The lowest BCUT2D eigenvalue weighted by molar-refractivity contribution is -0.150. The van der Waals surface area contributed by atoms with E-state index < -0.39 is 5.60 Å². The molecule has 0 aromatic carbocycles. The first-order valence-corrected chi connectivity index (χ1v) is 5.71. The zero-order chi connectivity index (χ0) is 10.8. The summed E-state index contributed by atoms with van der Waals surface area (Å²) in [7, 11) is 0. The third kappa shape index (κ3) is 2.48. The fraction of sp³-hybridized carbons (Fsp3) is 1.00. The third-order valence-corrected chi connectivity index (χ3v) is 3.56. The van der Waals surface area contributed by atoms with Crippen molar-refractivity contribution in [1.82, 2.24) is 0 Å². The molecule has 0 aliphatic heterocycles. The largest absolute Gasteiger partial charge is 0.387 e. The van der Waals surface area contributed by atoms with Gasteiger partial charge >= 0.3 is 0 Å². The Bertz CT molecular complexity index is 187. The standard InChI is InChI=1S/C12H24O2/c1-10(2)14-9-12(13)8-6-5-7-11(12,3)4/h10,13H,5-9H2,1-4H3. The maximum Gasteiger partial charge on any atom is 0.0930 e. The highest BCUT2D eigenvalue weighted by molar-refractivity contribution is 4.96. The molecule has 1 unspecified atom stereocenters. The van der Waals surface area contributed by atoms with Crippen LogP contribution in [0.15, 0.2) is 0 Å². The van der Waals surface area contributed by atoms with Crippen LogP contribution >= 0.6 is 0 Å². The Morgan fingerprint density at radius 2 is 1.79 bits per heavy atom. The summed E-state index contributed by atoms with van der Waals surface area (Å²) in [5.41, 5.74) is -0.615. The summed E-state index contributed by atoms with van der Waals surface area (Å²) in [5.74, 6) is 0. The lowest BCUT2D eigenvalue weighted by atomic mass is 9.66. The molecule has 1 aliphatic rings. The Morgan fingerprint density at radius 1 is 1.21 bits per heavy atom. The lowest BCUT2D eigenvalue weighted by Gasteiger charge is -2.46. The molecule has 0 heterocycles. The first kappa shape index (κ1) is 12.0. The van der Waals surface area contributed by atoms with Crippen molar-refractivity contribution in [2.24, 2.45) is 5.41 Å². The van der Waals surface area contributed by atoms with Crippen molar-refractivity contribution in [2.75, 3.05) is 6.61 Å². The van der Waals surface area contributed by atoms with Gasteiger partial charge in [0.15, 0.2) is 0 Å². The molecular formula is C12H24O2. The van der Waals surface area contributed by atoms with E-state index in [-0.39, 0.29) is 11.5 Å². The molecular weight excluding hydrogens is 176 g/mol. The van der Waals surface area contributed by atoms with Crippen LogP contribution in [0.4, 0.5) is 0 Å². The minimum atomic E-state index is -0.616. The summed E-state index contributed by atoms with van der Waals surface area (Å²) in [6.07, 6.45) is 4.55. The maximum atomic E-state index is 10.5. The van der Waals surface area contributed by atoms with Crippen molar-refractivity contribution in [1.29, 1.82) is 0 Å². The van der Waals surface area contributed by atoms with Gasteiger partial charge in [-0.25, -0.2) is 0 Å². The van der Waals surface area contributed by atoms with Crippen molar-refractivity contribution in [3.63, 3.8) is 0 Å². The van der Waals surface area contributed by atoms with Crippen molar-refractivity contribution in [2.45, 2.75) is 65.1 Å². The average Bonchev–Trinajstić information content (AvgIpc) is 2.07. The summed E-state index contributed by atoms with van der Waals surface area (Å²) in [6.45, 7) is 8.81. The van der Waals surface area contributed by atoms with Crippen LogP contribution in [-0.4, -0.2) is 23.4 Å². The van der Waals surface area contributed by atoms with Gasteiger partial charge in [0, 0.05) is 0 Å². The molecule has 0 spiro atoms. The number of hydrogen-bond acceptors (Lipinski definition) is 2. The molecule has 1 atom stereocenters. The van der Waals surface area contributed by atoms with E-state index in [1.165, 1.54) is 6.42 Å². The molecule has 1 saturated carbocycles. The van der Waals surface area contributed by atoms with Gasteiger partial charge in [-0.1, -0.05) is 26.7 Å². The monoisotopic (exact) mass is 200 g/mol. The zero-order valence-electron chi connectivity index (χ0n) is 9.97. The smallest absolute Gasteiger partial charge is 0.0930 e. The van der Waals surface area contributed by atoms with E-state index in [1.807, 2.05) is 13.8 Å². The van der Waals surface area contributed by atoms with Crippen LogP contribution < -0.4 is 0 Å². The molecule has 0 aromatic heterocycles. The molecule has 1 fully saturated rings. The Kier molecular flexibility index (Phi) is 3.59. The first-order valence-electron chi connectivity index (χ1n) is 5.71. The lowest BCUT2D eigenvalue weighted by Crippen LogP contribution is -2.51. The Hall–Kier alpha value is -0.0800. The summed E-state index contributed by atoms with van der Waals surface area (Å²) in [6, 6.07) is 0. The maximum absolute atomic E-state index is 10.5. The van der Waals surface area contributed by atoms with Gasteiger partial charge in [0.25, 0.3) is 0 Å². The number of aliphatic hydroxyl groups is 1. The molecule has 1 rings (SSSR count). The van der Waals surface area contributed by atoms with Crippen LogP contribution in [0.1, 0.15) is 53.4 Å². The van der Waals surface area contributed by atoms with Crippen LogP contribution in [0, 0.1) is 5.41 Å². The molecule has 84 valence electrons. The minimum Gasteiger partial charge on any atom is -0.387 e. The zero-order valence-corrected chi connectivity index (χ0v) is 9.97. The van der Waals surface area contributed by atoms with Crippen molar-refractivity contribution >= 4 is 0 Å². The molecule has 1 N–H and O–H groups in total. The van der Waals surface area contributed by atoms with Gasteiger partial charge in [-0.05, 0) is 32.1 Å². The molecule has 0 bridgehead atoms. The van der Waals surface area contributed by atoms with Gasteiger partial charge in [-0.3, -0.25) is 0 Å². The minimum absolute atomic E-state index is 0.000139. The molecule has 0 amide bonds. The van der Waals surface area contributed by atoms with Crippen molar-refractivity contribution in [3.8, 4) is 0 Å². The number of rotatable bonds is 3. The Balaban J connectivity index is 2.59. The van der Waals surface area contributed by atoms with Crippen LogP contribution in [0.25, 0.3) is 0 Å². The van der Waals surface area contributed by atoms with Crippen LogP contribution in [-0.2, 0) is 4.74 Å². The van der Waals surface area contributed by atoms with Crippen molar-refractivity contribution < 1.29 is 9.84 Å². The number of hydrogen-bond donors (Lipinski definition) is 1. The predicted molar refractivity (Wildman–Crippen MR) is 58.3 cm³/mol. The summed E-state index contributed by atoms with van der Waals surface area (Å²) >= 11 is 0. The van der Waals surface area contributed by atoms with Gasteiger partial charge in [0.1, 0.15) is 0 Å². The molecule has 1 aliphatic carbocycles. The van der Waals surface area contributed by atoms with E-state index in [0.717, 1.165) is 19.3 Å². The average molecular weight is 200 g/mol. The molecule has 0 aromatic rings. The highest BCUT2D eigenvalue weighted by Crippen LogP contribution is 2.43.